The summed E-state index contributed by atoms with van der Waals surface area (Å²) in [4.78, 5) is 32.8. The summed E-state index contributed by atoms with van der Waals surface area (Å²) in [6, 6.07) is 10.2. The molecule has 0 bridgehead atoms. The Balaban J connectivity index is 1.50. The van der Waals surface area contributed by atoms with Crippen molar-refractivity contribution in [1.29, 1.82) is 0 Å². The lowest BCUT2D eigenvalue weighted by molar-refractivity contribution is -0.140. The number of hydrazine groups is 1. The van der Waals surface area contributed by atoms with E-state index in [1.165, 1.54) is 49.1 Å². The van der Waals surface area contributed by atoms with E-state index >= 15 is 0 Å². The summed E-state index contributed by atoms with van der Waals surface area (Å²) in [5.41, 5.74) is 4.40. The zero-order chi connectivity index (χ0) is 29.4. The number of aliphatic hydroxyl groups excluding tert-OH is 1. The number of rotatable bonds is 15. The van der Waals surface area contributed by atoms with Crippen LogP contribution in [0.5, 0.6) is 0 Å². The molecule has 0 radical (unpaired) electrons. The first kappa shape index (κ1) is 30.9. The van der Waals surface area contributed by atoms with Gasteiger partial charge in [-0.05, 0) is 42.8 Å². The van der Waals surface area contributed by atoms with E-state index in [1.54, 1.807) is 41.5 Å². The Morgan fingerprint density at radius 1 is 0.927 bits per heavy atom. The summed E-state index contributed by atoms with van der Waals surface area (Å²) in [5.74, 6) is -1.38. The summed E-state index contributed by atoms with van der Waals surface area (Å²) in [6.45, 7) is 2.28. The van der Waals surface area contributed by atoms with E-state index < -0.39 is 33.9 Å². The molecule has 2 N–H and O–H groups in total. The highest BCUT2D eigenvalue weighted by molar-refractivity contribution is 7.90. The van der Waals surface area contributed by atoms with Gasteiger partial charge in [-0.3, -0.25) is 19.5 Å². The van der Waals surface area contributed by atoms with Gasteiger partial charge in [0.2, 0.25) is 11.8 Å². The van der Waals surface area contributed by atoms with E-state index in [9.17, 15) is 23.1 Å². The minimum atomic E-state index is -3.37. The van der Waals surface area contributed by atoms with E-state index in [-0.39, 0.29) is 23.3 Å². The fraction of sp³-hybridized carbons (Fsp3) is 0.516. The van der Waals surface area contributed by atoms with Gasteiger partial charge in [-0.2, -0.15) is 0 Å². The second kappa shape index (κ2) is 14.2. The van der Waals surface area contributed by atoms with Crippen molar-refractivity contribution in [3.63, 3.8) is 0 Å². The SMILES string of the molecule is CCCCCCCCCCC(O)C1C=CC2C(=O)N(Cc3ccccn3)C(=O)[C@H]2N1Nc1ccc(S(C)(=O)=O)cc1. The molecule has 2 amide bonds. The average molecular weight is 583 g/mol. The molecule has 10 heteroatoms. The quantitative estimate of drug-likeness (QED) is 0.179. The number of sulfone groups is 1. The number of nitrogens with zero attached hydrogens (tertiary/aromatic N) is 3. The van der Waals surface area contributed by atoms with Crippen molar-refractivity contribution in [3.8, 4) is 0 Å². The normalized spacial score (nSPS) is 21.7. The highest BCUT2D eigenvalue weighted by Gasteiger charge is 2.53. The molecular formula is C31H42N4O5S. The van der Waals surface area contributed by atoms with Gasteiger partial charge in [0.25, 0.3) is 0 Å². The average Bonchev–Trinajstić information content (AvgIpc) is 3.20. The summed E-state index contributed by atoms with van der Waals surface area (Å²) in [7, 11) is -3.37. The lowest BCUT2D eigenvalue weighted by atomic mass is 9.91. The van der Waals surface area contributed by atoms with Gasteiger partial charge in [0.05, 0.1) is 35.2 Å². The lowest BCUT2D eigenvalue weighted by Crippen LogP contribution is -2.57. The molecule has 2 aliphatic heterocycles. The number of aromatic nitrogens is 1. The van der Waals surface area contributed by atoms with E-state index in [0.717, 1.165) is 25.5 Å². The highest BCUT2D eigenvalue weighted by Crippen LogP contribution is 2.34. The van der Waals surface area contributed by atoms with E-state index in [0.29, 0.717) is 17.8 Å². The zero-order valence-corrected chi connectivity index (χ0v) is 24.8. The van der Waals surface area contributed by atoms with Crippen LogP contribution in [-0.2, 0) is 26.0 Å². The van der Waals surface area contributed by atoms with Crippen molar-refractivity contribution in [2.75, 3.05) is 11.7 Å². The van der Waals surface area contributed by atoms with Crippen LogP contribution in [0.3, 0.4) is 0 Å². The number of carbonyl (C=O) groups is 2. The van der Waals surface area contributed by atoms with Gasteiger partial charge in [-0.15, -0.1) is 0 Å². The molecule has 4 rings (SSSR count). The van der Waals surface area contributed by atoms with Crippen molar-refractivity contribution in [1.82, 2.24) is 14.9 Å². The standard InChI is InChI=1S/C31H42N4O5S/c1-3-4-5-6-7-8-9-10-14-28(36)27-20-19-26-29(31(38)34(30(26)37)22-24-13-11-12-21-32-24)35(27)33-23-15-17-25(18-16-23)41(2,39)40/h11-13,15-21,26-29,33,36H,3-10,14,22H2,1-2H3/t26?,27?,28?,29-/m0/s1. The van der Waals surface area contributed by atoms with Crippen LogP contribution in [0.1, 0.15) is 70.4 Å². The number of pyridine rings is 1. The first-order chi connectivity index (χ1) is 19.7. The predicted molar refractivity (Wildman–Crippen MR) is 158 cm³/mol. The number of amides is 2. The van der Waals surface area contributed by atoms with Crippen LogP contribution >= 0.6 is 0 Å². The molecule has 0 saturated carbocycles. The molecule has 9 nitrogen and oxygen atoms in total. The molecule has 1 fully saturated rings. The lowest BCUT2D eigenvalue weighted by Gasteiger charge is -2.40. The minimum absolute atomic E-state index is 0.0712. The number of anilines is 1. The molecule has 1 aromatic carbocycles. The van der Waals surface area contributed by atoms with Crippen LogP contribution < -0.4 is 5.43 Å². The molecular weight excluding hydrogens is 540 g/mol. The number of carbonyl (C=O) groups excluding carboxylic acids is 2. The monoisotopic (exact) mass is 582 g/mol. The van der Waals surface area contributed by atoms with Crippen LogP contribution in [-0.4, -0.2) is 64.7 Å². The fourth-order valence-electron chi connectivity index (χ4n) is 5.58. The molecule has 222 valence electrons. The minimum Gasteiger partial charge on any atom is -0.391 e. The first-order valence-corrected chi connectivity index (χ1v) is 16.6. The molecule has 3 unspecified atom stereocenters. The van der Waals surface area contributed by atoms with Gasteiger partial charge >= 0.3 is 0 Å². The third kappa shape index (κ3) is 7.81. The number of hydrogen-bond donors (Lipinski definition) is 2. The van der Waals surface area contributed by atoms with Crippen LogP contribution in [0, 0.1) is 5.92 Å². The van der Waals surface area contributed by atoms with Gasteiger partial charge in [-0.25, -0.2) is 13.4 Å². The summed E-state index contributed by atoms with van der Waals surface area (Å²) in [6.07, 6.45) is 15.4. The predicted octanol–water partition coefficient (Wildman–Crippen LogP) is 4.50. The number of aliphatic hydroxyl groups is 1. The largest absolute Gasteiger partial charge is 0.391 e. The van der Waals surface area contributed by atoms with Crippen molar-refractivity contribution in [2.45, 2.75) is 94.3 Å². The first-order valence-electron chi connectivity index (χ1n) is 14.7. The number of imide groups is 1. The number of benzene rings is 1. The molecule has 2 aromatic rings. The number of unbranched alkanes of at least 4 members (excludes halogenated alkanes) is 7. The molecule has 2 aliphatic rings. The Morgan fingerprint density at radius 2 is 1.61 bits per heavy atom. The molecule has 0 aliphatic carbocycles. The highest BCUT2D eigenvalue weighted by atomic mass is 32.2. The Hall–Kier alpha value is -3.08. The van der Waals surface area contributed by atoms with Gasteiger partial charge in [-0.1, -0.05) is 76.5 Å². The van der Waals surface area contributed by atoms with Crippen LogP contribution in [0.15, 0.2) is 65.7 Å². The van der Waals surface area contributed by atoms with Crippen LogP contribution in [0.4, 0.5) is 5.69 Å². The second-order valence-electron chi connectivity index (χ2n) is 11.1. The maximum absolute atomic E-state index is 13.7. The maximum atomic E-state index is 13.7. The molecule has 4 atom stereocenters. The summed E-state index contributed by atoms with van der Waals surface area (Å²) in [5, 5.41) is 13.0. The Labute approximate surface area is 243 Å². The van der Waals surface area contributed by atoms with Gasteiger partial charge in [0.15, 0.2) is 9.84 Å². The van der Waals surface area contributed by atoms with Crippen molar-refractivity contribution >= 4 is 27.3 Å². The van der Waals surface area contributed by atoms with Crippen LogP contribution in [0.25, 0.3) is 0 Å². The Morgan fingerprint density at radius 3 is 2.24 bits per heavy atom. The molecule has 3 heterocycles. The van der Waals surface area contributed by atoms with Crippen molar-refractivity contribution in [2.24, 2.45) is 5.92 Å². The number of nitrogens with one attached hydrogen (secondary N) is 1. The van der Waals surface area contributed by atoms with Gasteiger partial charge in [0.1, 0.15) is 6.04 Å². The van der Waals surface area contributed by atoms with Crippen LogP contribution in [0.2, 0.25) is 0 Å². The van der Waals surface area contributed by atoms with E-state index in [1.807, 2.05) is 12.1 Å². The van der Waals surface area contributed by atoms with Crippen molar-refractivity contribution < 1.29 is 23.1 Å². The second-order valence-corrected chi connectivity index (χ2v) is 13.1. The molecule has 41 heavy (non-hydrogen) atoms. The van der Waals surface area contributed by atoms with Gasteiger partial charge < -0.3 is 10.5 Å². The smallest absolute Gasteiger partial charge is 0.249 e. The third-order valence-electron chi connectivity index (χ3n) is 7.88. The Kier molecular flexibility index (Phi) is 10.7. The van der Waals surface area contributed by atoms with E-state index in [4.69, 9.17) is 0 Å². The number of fused-ring (bicyclic) bond motifs is 1. The zero-order valence-electron chi connectivity index (χ0n) is 24.0. The van der Waals surface area contributed by atoms with E-state index in [2.05, 4.69) is 17.3 Å². The maximum Gasteiger partial charge on any atom is 0.249 e. The molecule has 0 spiro atoms. The van der Waals surface area contributed by atoms with Gasteiger partial charge in [0, 0.05) is 18.1 Å². The fourth-order valence-corrected chi connectivity index (χ4v) is 6.21. The van der Waals surface area contributed by atoms with Crippen molar-refractivity contribution in [3.05, 3.63) is 66.5 Å². The Bertz CT molecular complexity index is 1300. The number of likely N-dealkylation sites (tertiary alicyclic amines) is 1. The number of hydrogen-bond acceptors (Lipinski definition) is 8. The summed E-state index contributed by atoms with van der Waals surface area (Å²) >= 11 is 0. The topological polar surface area (TPSA) is 120 Å². The molecule has 1 saturated heterocycles. The molecule has 1 aromatic heterocycles. The summed E-state index contributed by atoms with van der Waals surface area (Å²) < 4.78 is 23.9. The third-order valence-corrected chi connectivity index (χ3v) is 9.01.